The van der Waals surface area contributed by atoms with Gasteiger partial charge in [-0.1, -0.05) is 13.8 Å². The second kappa shape index (κ2) is 7.10. The average Bonchev–Trinajstić information content (AvgIpc) is 2.00. The molecule has 0 rings (SSSR count). The third kappa shape index (κ3) is 6.16. The van der Waals surface area contributed by atoms with Gasteiger partial charge >= 0.3 is 0 Å². The van der Waals surface area contributed by atoms with Crippen molar-refractivity contribution in [1.82, 2.24) is 5.32 Å². The number of rotatable bonds is 7. The Morgan fingerprint density at radius 1 is 1.50 bits per heavy atom. The molecule has 0 unspecified atom stereocenters. The van der Waals surface area contributed by atoms with Crippen molar-refractivity contribution in [3.63, 3.8) is 0 Å². The molecule has 12 heavy (non-hydrogen) atoms. The van der Waals surface area contributed by atoms with Crippen LogP contribution in [0.15, 0.2) is 0 Å². The van der Waals surface area contributed by atoms with Gasteiger partial charge < -0.3 is 10.1 Å². The average molecular weight is 173 g/mol. The van der Waals surface area contributed by atoms with Crippen molar-refractivity contribution in [3.05, 3.63) is 0 Å². The maximum Gasteiger partial charge on any atom is 0.207 e. The zero-order valence-electron chi connectivity index (χ0n) is 8.17. The van der Waals surface area contributed by atoms with Crippen LogP contribution in [0.4, 0.5) is 0 Å². The Labute approximate surface area is 74.5 Å². The van der Waals surface area contributed by atoms with Gasteiger partial charge in [-0.25, -0.2) is 0 Å². The van der Waals surface area contributed by atoms with Crippen LogP contribution in [0.3, 0.4) is 0 Å². The first kappa shape index (κ1) is 11.4. The van der Waals surface area contributed by atoms with Crippen molar-refractivity contribution >= 4 is 6.41 Å². The van der Waals surface area contributed by atoms with Crippen LogP contribution < -0.4 is 5.32 Å². The van der Waals surface area contributed by atoms with E-state index in [4.69, 9.17) is 4.74 Å². The Kier molecular flexibility index (Phi) is 6.76. The zero-order valence-corrected chi connectivity index (χ0v) is 8.17. The molecule has 0 saturated heterocycles. The molecule has 0 aromatic heterocycles. The molecule has 0 aromatic rings. The fourth-order valence-corrected chi connectivity index (χ4v) is 1.11. The van der Waals surface area contributed by atoms with Gasteiger partial charge in [0, 0.05) is 6.61 Å². The van der Waals surface area contributed by atoms with Crippen LogP contribution in [0, 0.1) is 5.92 Å². The number of ether oxygens (including phenoxy) is 1. The molecule has 1 amide bonds. The molecule has 0 spiro atoms. The Bertz CT molecular complexity index is 115. The van der Waals surface area contributed by atoms with E-state index in [-0.39, 0.29) is 6.04 Å². The lowest BCUT2D eigenvalue weighted by atomic mass is 10.0. The summed E-state index contributed by atoms with van der Waals surface area (Å²) in [5, 5.41) is 2.74. The maximum atomic E-state index is 10.2. The third-order valence-electron chi connectivity index (χ3n) is 1.58. The predicted octanol–water partition coefficient (Wildman–Crippen LogP) is 1.18. The topological polar surface area (TPSA) is 38.3 Å². The summed E-state index contributed by atoms with van der Waals surface area (Å²) in [5.74, 6) is 0.586. The lowest BCUT2D eigenvalue weighted by Crippen LogP contribution is -2.33. The van der Waals surface area contributed by atoms with Crippen LogP contribution in [0.2, 0.25) is 0 Å². The minimum absolute atomic E-state index is 0.169. The van der Waals surface area contributed by atoms with E-state index >= 15 is 0 Å². The predicted molar refractivity (Wildman–Crippen MR) is 48.9 cm³/mol. The molecule has 0 aliphatic carbocycles. The summed E-state index contributed by atoms with van der Waals surface area (Å²) in [6, 6.07) is 0.169. The molecule has 3 heteroatoms. The second-order valence-electron chi connectivity index (χ2n) is 3.27. The minimum Gasteiger partial charge on any atom is -0.380 e. The van der Waals surface area contributed by atoms with E-state index in [1.54, 1.807) is 0 Å². The smallest absolute Gasteiger partial charge is 0.207 e. The lowest BCUT2D eigenvalue weighted by Gasteiger charge is -2.17. The van der Waals surface area contributed by atoms with Gasteiger partial charge in [0.15, 0.2) is 0 Å². The van der Waals surface area contributed by atoms with E-state index < -0.39 is 0 Å². The van der Waals surface area contributed by atoms with Gasteiger partial charge in [-0.15, -0.1) is 0 Å². The first-order valence-corrected chi connectivity index (χ1v) is 4.48. The molecule has 1 N–H and O–H groups in total. The molecule has 0 radical (unpaired) electrons. The molecular weight excluding hydrogens is 154 g/mol. The van der Waals surface area contributed by atoms with Gasteiger partial charge in [0.25, 0.3) is 0 Å². The number of hydrogen-bond donors (Lipinski definition) is 1. The van der Waals surface area contributed by atoms with Crippen molar-refractivity contribution in [2.75, 3.05) is 13.2 Å². The van der Waals surface area contributed by atoms with Gasteiger partial charge in [-0.2, -0.15) is 0 Å². The maximum absolute atomic E-state index is 10.2. The molecule has 0 saturated carbocycles. The highest BCUT2D eigenvalue weighted by Gasteiger charge is 2.08. The number of carbonyl (C=O) groups excluding carboxylic acids is 1. The summed E-state index contributed by atoms with van der Waals surface area (Å²) in [6.45, 7) is 7.53. The van der Waals surface area contributed by atoms with Crippen molar-refractivity contribution in [3.8, 4) is 0 Å². The number of nitrogens with one attached hydrogen (secondary N) is 1. The van der Waals surface area contributed by atoms with Crippen molar-refractivity contribution < 1.29 is 9.53 Å². The highest BCUT2D eigenvalue weighted by atomic mass is 16.5. The van der Waals surface area contributed by atoms with Gasteiger partial charge in [0.1, 0.15) is 0 Å². The van der Waals surface area contributed by atoms with Gasteiger partial charge in [-0.3, -0.25) is 4.79 Å². The van der Waals surface area contributed by atoms with E-state index in [0.29, 0.717) is 19.1 Å². The summed E-state index contributed by atoms with van der Waals surface area (Å²) in [5.41, 5.74) is 0. The van der Waals surface area contributed by atoms with E-state index in [2.05, 4.69) is 19.2 Å². The van der Waals surface area contributed by atoms with Crippen molar-refractivity contribution in [2.24, 2.45) is 5.92 Å². The largest absolute Gasteiger partial charge is 0.380 e. The summed E-state index contributed by atoms with van der Waals surface area (Å²) in [6.07, 6.45) is 1.71. The molecule has 0 aliphatic rings. The molecule has 72 valence electrons. The summed E-state index contributed by atoms with van der Waals surface area (Å²) >= 11 is 0. The van der Waals surface area contributed by atoms with E-state index in [9.17, 15) is 4.79 Å². The van der Waals surface area contributed by atoms with E-state index in [1.807, 2.05) is 6.92 Å². The third-order valence-corrected chi connectivity index (χ3v) is 1.58. The van der Waals surface area contributed by atoms with Gasteiger partial charge in [-0.05, 0) is 19.3 Å². The Hall–Kier alpha value is -0.570. The van der Waals surface area contributed by atoms with E-state index in [0.717, 1.165) is 12.8 Å². The SMILES string of the molecule is CCOC[C@@H](CC(C)C)NC=O. The number of hydrogen-bond acceptors (Lipinski definition) is 2. The molecular formula is C9H19NO2. The molecule has 1 atom stereocenters. The van der Waals surface area contributed by atoms with E-state index in [1.165, 1.54) is 0 Å². The standard InChI is InChI=1S/C9H19NO2/c1-4-12-6-9(10-7-11)5-8(2)3/h7-9H,4-6H2,1-3H3,(H,10,11)/t9-/m1/s1. The highest BCUT2D eigenvalue weighted by Crippen LogP contribution is 2.04. The first-order valence-electron chi connectivity index (χ1n) is 4.48. The fourth-order valence-electron chi connectivity index (χ4n) is 1.11. The molecule has 0 fully saturated rings. The summed E-state index contributed by atoms with van der Waals surface area (Å²) < 4.78 is 5.23. The highest BCUT2D eigenvalue weighted by molar-refractivity contribution is 5.46. The van der Waals surface area contributed by atoms with Crippen LogP contribution in [-0.2, 0) is 9.53 Å². The van der Waals surface area contributed by atoms with Crippen LogP contribution in [0.25, 0.3) is 0 Å². The monoisotopic (exact) mass is 173 g/mol. The molecule has 0 heterocycles. The molecule has 0 aliphatic heterocycles. The molecule has 0 bridgehead atoms. The van der Waals surface area contributed by atoms with Crippen LogP contribution in [-0.4, -0.2) is 25.7 Å². The zero-order chi connectivity index (χ0) is 9.40. The van der Waals surface area contributed by atoms with Crippen molar-refractivity contribution in [2.45, 2.75) is 33.2 Å². The van der Waals surface area contributed by atoms with Crippen LogP contribution >= 0.6 is 0 Å². The van der Waals surface area contributed by atoms with Crippen LogP contribution in [0.1, 0.15) is 27.2 Å². The summed E-state index contributed by atoms with van der Waals surface area (Å²) in [7, 11) is 0. The lowest BCUT2D eigenvalue weighted by molar-refractivity contribution is -0.110. The normalized spacial score (nSPS) is 13.0. The van der Waals surface area contributed by atoms with Crippen molar-refractivity contribution in [1.29, 1.82) is 0 Å². The number of carbonyl (C=O) groups is 1. The molecule has 0 aromatic carbocycles. The van der Waals surface area contributed by atoms with Gasteiger partial charge in [0.2, 0.25) is 6.41 Å². The fraction of sp³-hybridized carbons (Fsp3) is 0.889. The summed E-state index contributed by atoms with van der Waals surface area (Å²) in [4.78, 5) is 10.2. The Morgan fingerprint density at radius 3 is 2.58 bits per heavy atom. The minimum atomic E-state index is 0.169. The first-order chi connectivity index (χ1) is 5.70. The quantitative estimate of drug-likeness (QED) is 0.587. The second-order valence-corrected chi connectivity index (χ2v) is 3.27. The Morgan fingerprint density at radius 2 is 2.17 bits per heavy atom. The number of amides is 1. The van der Waals surface area contributed by atoms with Gasteiger partial charge in [0.05, 0.1) is 12.6 Å². The molecule has 3 nitrogen and oxygen atoms in total. The van der Waals surface area contributed by atoms with Crippen LogP contribution in [0.5, 0.6) is 0 Å². The Balaban J connectivity index is 3.61.